The summed E-state index contributed by atoms with van der Waals surface area (Å²) in [4.78, 5) is 10.5. The van der Waals surface area contributed by atoms with Crippen LogP contribution in [-0.2, 0) is 0 Å². The van der Waals surface area contributed by atoms with Crippen molar-refractivity contribution >= 4 is 6.29 Å². The van der Waals surface area contributed by atoms with Crippen molar-refractivity contribution in [3.63, 3.8) is 0 Å². The minimum absolute atomic E-state index is 0.653. The molecule has 0 aliphatic carbocycles. The lowest BCUT2D eigenvalue weighted by Crippen LogP contribution is -1.96. The number of aliphatic hydroxyl groups excluding tert-OH is 1. The van der Waals surface area contributed by atoms with Crippen molar-refractivity contribution in [1.82, 2.24) is 0 Å². The van der Waals surface area contributed by atoms with Gasteiger partial charge < -0.3 is 5.11 Å². The van der Waals surface area contributed by atoms with Crippen LogP contribution in [0.5, 0.6) is 0 Å². The molecular weight excluding hydrogens is 200 g/mol. The minimum Gasteiger partial charge on any atom is -0.400 e. The number of hydrogen-bond acceptors (Lipinski definition) is 2. The van der Waals surface area contributed by atoms with Gasteiger partial charge in [-0.3, -0.25) is 4.79 Å². The predicted molar refractivity (Wildman–Crippen MR) is 67.9 cm³/mol. The largest absolute Gasteiger partial charge is 0.400 e. The second kappa shape index (κ2) is 9.10. The number of carbonyl (C=O) groups is 1. The highest BCUT2D eigenvalue weighted by Gasteiger charge is 2.07. The molecule has 0 radical (unpaired) electrons. The van der Waals surface area contributed by atoms with Gasteiger partial charge in [0.1, 0.15) is 6.29 Å². The standard InChI is InChI=1S/C13H18O.CH4O/c1-3-5-12(4-2)13-8-6-11(10-14)7-9-13;1-2/h6-10,12H,3-5H2,1-2H3;2H,1H3. The molecule has 0 aromatic heterocycles. The Balaban J connectivity index is 0.00000106. The SMILES string of the molecule is CCCC(CC)c1ccc(C=O)cc1.CO. The zero-order valence-electron chi connectivity index (χ0n) is 10.4. The summed E-state index contributed by atoms with van der Waals surface area (Å²) >= 11 is 0. The fourth-order valence-corrected chi connectivity index (χ4v) is 1.80. The maximum Gasteiger partial charge on any atom is 0.150 e. The Morgan fingerprint density at radius 1 is 1.19 bits per heavy atom. The van der Waals surface area contributed by atoms with Crippen molar-refractivity contribution < 1.29 is 9.90 Å². The molecule has 0 saturated carbocycles. The second-order valence-corrected chi connectivity index (χ2v) is 3.68. The van der Waals surface area contributed by atoms with Crippen LogP contribution in [0.4, 0.5) is 0 Å². The summed E-state index contributed by atoms with van der Waals surface area (Å²) in [5.74, 6) is 0.653. The maximum atomic E-state index is 10.5. The molecule has 1 aromatic rings. The Morgan fingerprint density at radius 3 is 2.12 bits per heavy atom. The molecule has 1 unspecified atom stereocenters. The van der Waals surface area contributed by atoms with E-state index in [2.05, 4.69) is 26.0 Å². The van der Waals surface area contributed by atoms with Crippen LogP contribution in [0.2, 0.25) is 0 Å². The molecule has 0 amide bonds. The third kappa shape index (κ3) is 4.58. The van der Waals surface area contributed by atoms with Crippen molar-refractivity contribution in [2.75, 3.05) is 7.11 Å². The molecule has 16 heavy (non-hydrogen) atoms. The molecule has 1 rings (SSSR count). The van der Waals surface area contributed by atoms with E-state index in [0.717, 1.165) is 19.0 Å². The topological polar surface area (TPSA) is 37.3 Å². The maximum absolute atomic E-state index is 10.5. The summed E-state index contributed by atoms with van der Waals surface area (Å²) < 4.78 is 0. The van der Waals surface area contributed by atoms with Gasteiger partial charge in [0.05, 0.1) is 0 Å². The molecule has 0 spiro atoms. The van der Waals surface area contributed by atoms with E-state index < -0.39 is 0 Å². The van der Waals surface area contributed by atoms with E-state index in [1.807, 2.05) is 12.1 Å². The van der Waals surface area contributed by atoms with Gasteiger partial charge in [-0.05, 0) is 24.3 Å². The van der Waals surface area contributed by atoms with E-state index in [1.54, 1.807) is 0 Å². The first-order chi connectivity index (χ1) is 7.81. The van der Waals surface area contributed by atoms with E-state index in [4.69, 9.17) is 5.11 Å². The van der Waals surface area contributed by atoms with Gasteiger partial charge in [-0.1, -0.05) is 44.5 Å². The number of rotatable bonds is 5. The first-order valence-electron chi connectivity index (χ1n) is 5.81. The average Bonchev–Trinajstić information content (AvgIpc) is 2.38. The highest BCUT2D eigenvalue weighted by Crippen LogP contribution is 2.24. The highest BCUT2D eigenvalue weighted by molar-refractivity contribution is 5.74. The van der Waals surface area contributed by atoms with Gasteiger partial charge in [0.25, 0.3) is 0 Å². The Labute approximate surface area is 98.3 Å². The zero-order valence-corrected chi connectivity index (χ0v) is 10.4. The van der Waals surface area contributed by atoms with Gasteiger partial charge in [-0.25, -0.2) is 0 Å². The van der Waals surface area contributed by atoms with Crippen LogP contribution in [0, 0.1) is 0 Å². The molecule has 1 aromatic carbocycles. The second-order valence-electron chi connectivity index (χ2n) is 3.68. The van der Waals surface area contributed by atoms with Gasteiger partial charge in [0, 0.05) is 12.7 Å². The Morgan fingerprint density at radius 2 is 1.75 bits per heavy atom. The normalized spacial score (nSPS) is 11.2. The van der Waals surface area contributed by atoms with Crippen LogP contribution in [0.15, 0.2) is 24.3 Å². The molecule has 0 saturated heterocycles. The van der Waals surface area contributed by atoms with Crippen LogP contribution in [0.25, 0.3) is 0 Å². The van der Waals surface area contributed by atoms with Crippen molar-refractivity contribution in [3.05, 3.63) is 35.4 Å². The van der Waals surface area contributed by atoms with E-state index in [9.17, 15) is 4.79 Å². The molecule has 0 aliphatic rings. The van der Waals surface area contributed by atoms with E-state index in [-0.39, 0.29) is 0 Å². The van der Waals surface area contributed by atoms with Crippen LogP contribution >= 0.6 is 0 Å². The van der Waals surface area contributed by atoms with Gasteiger partial charge in [0.15, 0.2) is 0 Å². The number of hydrogen-bond donors (Lipinski definition) is 1. The number of aldehydes is 1. The number of carbonyl (C=O) groups excluding carboxylic acids is 1. The Bertz CT molecular complexity index is 277. The van der Waals surface area contributed by atoms with Crippen LogP contribution < -0.4 is 0 Å². The number of benzene rings is 1. The Kier molecular flexibility index (Phi) is 8.45. The predicted octanol–water partition coefficient (Wildman–Crippen LogP) is 3.40. The van der Waals surface area contributed by atoms with Crippen LogP contribution in [0.3, 0.4) is 0 Å². The molecule has 0 bridgehead atoms. The minimum atomic E-state index is 0.653. The highest BCUT2D eigenvalue weighted by atomic mass is 16.2. The van der Waals surface area contributed by atoms with Gasteiger partial charge in [-0.2, -0.15) is 0 Å². The zero-order chi connectivity index (χ0) is 12.4. The van der Waals surface area contributed by atoms with Gasteiger partial charge in [0.2, 0.25) is 0 Å². The van der Waals surface area contributed by atoms with Crippen molar-refractivity contribution in [3.8, 4) is 0 Å². The molecule has 1 atom stereocenters. The summed E-state index contributed by atoms with van der Waals surface area (Å²) in [7, 11) is 1.00. The summed E-state index contributed by atoms with van der Waals surface area (Å²) in [5, 5.41) is 7.00. The molecular formula is C14H22O2. The fourth-order valence-electron chi connectivity index (χ4n) is 1.80. The van der Waals surface area contributed by atoms with Crippen LogP contribution in [0.1, 0.15) is 54.9 Å². The van der Waals surface area contributed by atoms with Gasteiger partial charge in [-0.15, -0.1) is 0 Å². The first-order valence-corrected chi connectivity index (χ1v) is 5.81. The average molecular weight is 222 g/mol. The molecule has 1 N–H and O–H groups in total. The van der Waals surface area contributed by atoms with Crippen molar-refractivity contribution in [2.24, 2.45) is 0 Å². The lowest BCUT2D eigenvalue weighted by atomic mass is 9.92. The summed E-state index contributed by atoms with van der Waals surface area (Å²) in [5.41, 5.74) is 2.13. The molecule has 2 nitrogen and oxygen atoms in total. The smallest absolute Gasteiger partial charge is 0.150 e. The monoisotopic (exact) mass is 222 g/mol. The van der Waals surface area contributed by atoms with Crippen LogP contribution in [-0.4, -0.2) is 18.5 Å². The van der Waals surface area contributed by atoms with E-state index in [0.29, 0.717) is 5.92 Å². The van der Waals surface area contributed by atoms with Crippen molar-refractivity contribution in [1.29, 1.82) is 0 Å². The summed E-state index contributed by atoms with van der Waals surface area (Å²) in [6, 6.07) is 7.96. The Hall–Kier alpha value is -1.15. The van der Waals surface area contributed by atoms with Crippen molar-refractivity contribution in [2.45, 2.75) is 39.0 Å². The molecule has 90 valence electrons. The third-order valence-corrected chi connectivity index (χ3v) is 2.67. The fraction of sp³-hybridized carbons (Fsp3) is 0.500. The van der Waals surface area contributed by atoms with E-state index in [1.165, 1.54) is 24.8 Å². The third-order valence-electron chi connectivity index (χ3n) is 2.67. The summed E-state index contributed by atoms with van der Waals surface area (Å²) in [6.45, 7) is 4.43. The quantitative estimate of drug-likeness (QED) is 0.775. The lowest BCUT2D eigenvalue weighted by molar-refractivity contribution is 0.112. The summed E-state index contributed by atoms with van der Waals surface area (Å²) in [6.07, 6.45) is 4.52. The molecule has 2 heteroatoms. The first kappa shape index (κ1) is 14.8. The molecule has 0 aliphatic heterocycles. The lowest BCUT2D eigenvalue weighted by Gasteiger charge is -2.13. The number of aliphatic hydroxyl groups is 1. The molecule has 0 heterocycles. The molecule has 0 fully saturated rings. The van der Waals surface area contributed by atoms with Gasteiger partial charge >= 0.3 is 0 Å². The van der Waals surface area contributed by atoms with E-state index >= 15 is 0 Å².